The lowest BCUT2D eigenvalue weighted by molar-refractivity contribution is -0.124. The molecular formula is C17H24N4O. The highest BCUT2D eigenvalue weighted by molar-refractivity contribution is 5.86. The smallest absolute Gasteiger partial charge is 0.242 e. The van der Waals surface area contributed by atoms with Crippen LogP contribution in [-0.4, -0.2) is 54.1 Å². The maximum atomic E-state index is 12.8. The Morgan fingerprint density at radius 2 is 1.91 bits per heavy atom. The molecule has 4 aliphatic heterocycles. The van der Waals surface area contributed by atoms with Crippen LogP contribution in [0.4, 0.5) is 5.69 Å². The third kappa shape index (κ3) is 2.58. The lowest BCUT2D eigenvalue weighted by Gasteiger charge is -2.45. The molecule has 118 valence electrons. The maximum Gasteiger partial charge on any atom is 0.242 e. The highest BCUT2D eigenvalue weighted by atomic mass is 16.2. The van der Waals surface area contributed by atoms with Gasteiger partial charge in [-0.3, -0.25) is 9.78 Å². The Balaban J connectivity index is 1.43. The van der Waals surface area contributed by atoms with Gasteiger partial charge < -0.3 is 15.1 Å². The minimum absolute atomic E-state index is 0.0159. The van der Waals surface area contributed by atoms with E-state index in [1.54, 1.807) is 12.4 Å². The molecule has 0 spiro atoms. The van der Waals surface area contributed by atoms with Gasteiger partial charge in [-0.05, 0) is 56.8 Å². The van der Waals surface area contributed by atoms with Gasteiger partial charge >= 0.3 is 0 Å². The summed E-state index contributed by atoms with van der Waals surface area (Å²) in [5.74, 6) is 0.901. The zero-order valence-electron chi connectivity index (χ0n) is 12.9. The van der Waals surface area contributed by atoms with Gasteiger partial charge in [0.1, 0.15) is 6.04 Å². The largest absolute Gasteiger partial charge is 0.359 e. The lowest BCUT2D eigenvalue weighted by Crippen LogP contribution is -2.59. The molecule has 5 nitrogen and oxygen atoms in total. The number of carbonyl (C=O) groups excluding carboxylic acids is 1. The number of aromatic nitrogens is 1. The summed E-state index contributed by atoms with van der Waals surface area (Å²) in [5, 5.41) is 3.35. The van der Waals surface area contributed by atoms with Crippen LogP contribution in [-0.2, 0) is 4.79 Å². The van der Waals surface area contributed by atoms with Crippen molar-refractivity contribution in [3.8, 4) is 0 Å². The average Bonchev–Trinajstić information content (AvgIpc) is 3.06. The summed E-state index contributed by atoms with van der Waals surface area (Å²) >= 11 is 0. The predicted octanol–water partition coefficient (Wildman–Crippen LogP) is 1.26. The Hall–Kier alpha value is -1.62. The van der Waals surface area contributed by atoms with Crippen LogP contribution in [0.1, 0.15) is 25.7 Å². The van der Waals surface area contributed by atoms with Crippen molar-refractivity contribution in [1.29, 1.82) is 0 Å². The molecule has 1 amide bonds. The van der Waals surface area contributed by atoms with Crippen molar-refractivity contribution in [2.75, 3.05) is 31.1 Å². The first-order chi connectivity index (χ1) is 10.8. The number of nitrogens with one attached hydrogen (secondary N) is 1. The van der Waals surface area contributed by atoms with E-state index in [2.05, 4.69) is 20.1 Å². The Kier molecular flexibility index (Phi) is 3.74. The normalized spacial score (nSPS) is 33.9. The lowest BCUT2D eigenvalue weighted by atomic mass is 9.84. The number of anilines is 1. The van der Waals surface area contributed by atoms with E-state index in [0.29, 0.717) is 12.0 Å². The van der Waals surface area contributed by atoms with E-state index in [9.17, 15) is 4.79 Å². The number of fused-ring (bicyclic) bond motifs is 3. The first-order valence-corrected chi connectivity index (χ1v) is 8.50. The Morgan fingerprint density at radius 3 is 2.59 bits per heavy atom. The second-order valence-electron chi connectivity index (χ2n) is 6.81. The maximum absolute atomic E-state index is 12.8. The molecule has 0 unspecified atom stereocenters. The molecule has 2 bridgehead atoms. The van der Waals surface area contributed by atoms with Gasteiger partial charge in [0.25, 0.3) is 0 Å². The highest BCUT2D eigenvalue weighted by Gasteiger charge is 2.38. The third-order valence-corrected chi connectivity index (χ3v) is 5.53. The van der Waals surface area contributed by atoms with Crippen molar-refractivity contribution < 1.29 is 4.79 Å². The fourth-order valence-corrected chi connectivity index (χ4v) is 4.29. The molecule has 5 heteroatoms. The van der Waals surface area contributed by atoms with Gasteiger partial charge in [-0.25, -0.2) is 0 Å². The number of amides is 1. The summed E-state index contributed by atoms with van der Waals surface area (Å²) in [6.45, 7) is 4.42. The topological polar surface area (TPSA) is 48.5 Å². The van der Waals surface area contributed by atoms with Crippen LogP contribution >= 0.6 is 0 Å². The van der Waals surface area contributed by atoms with E-state index < -0.39 is 0 Å². The molecule has 4 fully saturated rings. The number of nitrogens with zero attached hydrogens (tertiary/aromatic N) is 3. The summed E-state index contributed by atoms with van der Waals surface area (Å²) in [6, 6.07) is 4.34. The number of hydrogen-bond acceptors (Lipinski definition) is 4. The quantitative estimate of drug-likeness (QED) is 0.913. The molecule has 4 saturated heterocycles. The minimum Gasteiger partial charge on any atom is -0.359 e. The fraction of sp³-hybridized carbons (Fsp3) is 0.647. The molecule has 0 aliphatic carbocycles. The van der Waals surface area contributed by atoms with Crippen LogP contribution < -0.4 is 10.2 Å². The molecule has 0 aromatic carbocycles. The zero-order valence-corrected chi connectivity index (χ0v) is 12.9. The summed E-state index contributed by atoms with van der Waals surface area (Å²) in [5.41, 5.74) is 1.11. The van der Waals surface area contributed by atoms with Gasteiger partial charge in [0.2, 0.25) is 5.91 Å². The van der Waals surface area contributed by atoms with Crippen LogP contribution in [0.2, 0.25) is 0 Å². The van der Waals surface area contributed by atoms with Gasteiger partial charge in [0.15, 0.2) is 0 Å². The number of carbonyl (C=O) groups is 1. The monoisotopic (exact) mass is 300 g/mol. The van der Waals surface area contributed by atoms with E-state index in [0.717, 1.165) is 31.6 Å². The molecule has 1 aromatic heterocycles. The molecule has 0 radical (unpaired) electrons. The van der Waals surface area contributed by atoms with Crippen LogP contribution in [0.15, 0.2) is 24.5 Å². The summed E-state index contributed by atoms with van der Waals surface area (Å²) in [6.07, 6.45) is 8.12. The third-order valence-electron chi connectivity index (χ3n) is 5.53. The van der Waals surface area contributed by atoms with Crippen molar-refractivity contribution in [3.63, 3.8) is 0 Å². The standard InChI is InChI=1S/C17H24N4O/c22-17(19-15-12-20-10-5-13(15)6-11-20)16-2-1-9-21(16)14-3-7-18-8-4-14/h3-4,7-8,13,15-16H,1-2,5-6,9-12H2,(H,19,22)/t15-,16+/m1/s1. The van der Waals surface area contributed by atoms with Crippen molar-refractivity contribution in [2.24, 2.45) is 5.92 Å². The van der Waals surface area contributed by atoms with E-state index in [1.165, 1.54) is 25.9 Å². The molecule has 0 saturated carbocycles. The molecule has 2 atom stereocenters. The van der Waals surface area contributed by atoms with Crippen LogP contribution in [0.25, 0.3) is 0 Å². The number of pyridine rings is 1. The number of rotatable bonds is 3. The van der Waals surface area contributed by atoms with Crippen LogP contribution in [0.5, 0.6) is 0 Å². The number of piperidine rings is 3. The van der Waals surface area contributed by atoms with E-state index >= 15 is 0 Å². The fourth-order valence-electron chi connectivity index (χ4n) is 4.29. The van der Waals surface area contributed by atoms with Gasteiger partial charge in [-0.1, -0.05) is 0 Å². The van der Waals surface area contributed by atoms with Crippen LogP contribution in [0, 0.1) is 5.92 Å². The molecule has 5 heterocycles. The second kappa shape index (κ2) is 5.88. The van der Waals surface area contributed by atoms with E-state index in [4.69, 9.17) is 0 Å². The molecule has 1 N–H and O–H groups in total. The van der Waals surface area contributed by atoms with Crippen molar-refractivity contribution in [3.05, 3.63) is 24.5 Å². The minimum atomic E-state index is -0.0159. The summed E-state index contributed by atoms with van der Waals surface area (Å²) in [4.78, 5) is 21.6. The molecule has 1 aromatic rings. The second-order valence-corrected chi connectivity index (χ2v) is 6.81. The highest BCUT2D eigenvalue weighted by Crippen LogP contribution is 2.29. The first-order valence-electron chi connectivity index (χ1n) is 8.50. The van der Waals surface area contributed by atoms with E-state index in [1.807, 2.05) is 12.1 Å². The van der Waals surface area contributed by atoms with Crippen molar-refractivity contribution >= 4 is 11.6 Å². The average molecular weight is 300 g/mol. The van der Waals surface area contributed by atoms with Crippen molar-refractivity contribution in [2.45, 2.75) is 37.8 Å². The summed E-state index contributed by atoms with van der Waals surface area (Å²) < 4.78 is 0. The Bertz CT molecular complexity index is 527. The van der Waals surface area contributed by atoms with Gasteiger partial charge in [0.05, 0.1) is 0 Å². The Labute approximate surface area is 131 Å². The number of hydrogen-bond donors (Lipinski definition) is 1. The molecule has 22 heavy (non-hydrogen) atoms. The Morgan fingerprint density at radius 1 is 1.14 bits per heavy atom. The molecular weight excluding hydrogens is 276 g/mol. The first kappa shape index (κ1) is 14.0. The SMILES string of the molecule is O=C(N[C@@H]1CN2CCC1CC2)[C@@H]1CCCN1c1ccncc1. The van der Waals surface area contributed by atoms with Gasteiger partial charge in [0, 0.05) is 37.2 Å². The van der Waals surface area contributed by atoms with Crippen molar-refractivity contribution in [1.82, 2.24) is 15.2 Å². The molecule has 5 rings (SSSR count). The van der Waals surface area contributed by atoms with Gasteiger partial charge in [-0.2, -0.15) is 0 Å². The van der Waals surface area contributed by atoms with Gasteiger partial charge in [-0.15, -0.1) is 0 Å². The predicted molar refractivity (Wildman–Crippen MR) is 85.7 cm³/mol. The van der Waals surface area contributed by atoms with Crippen LogP contribution in [0.3, 0.4) is 0 Å². The van der Waals surface area contributed by atoms with E-state index in [-0.39, 0.29) is 11.9 Å². The zero-order chi connectivity index (χ0) is 14.9. The molecule has 4 aliphatic rings. The summed E-state index contributed by atoms with van der Waals surface area (Å²) in [7, 11) is 0.